The van der Waals surface area contributed by atoms with E-state index in [4.69, 9.17) is 46.4 Å². The molecule has 4 aromatic carbocycles. The lowest BCUT2D eigenvalue weighted by atomic mass is 10.0. The van der Waals surface area contributed by atoms with Crippen molar-refractivity contribution in [2.45, 2.75) is 50.7 Å². The van der Waals surface area contributed by atoms with E-state index in [1.54, 1.807) is 30.3 Å². The monoisotopic (exact) mass is 719 g/mol. The first-order valence-electron chi connectivity index (χ1n) is 14.4. The number of aryl methyl sites for hydroxylation is 1. The van der Waals surface area contributed by atoms with E-state index >= 15 is 0 Å². The van der Waals surface area contributed by atoms with Crippen molar-refractivity contribution in [3.05, 3.63) is 128 Å². The number of halogens is 4. The molecule has 0 aliphatic rings. The molecule has 0 spiro atoms. The zero-order valence-electron chi connectivity index (χ0n) is 25.4. The number of carbonyl (C=O) groups is 2. The lowest BCUT2D eigenvalue weighted by Gasteiger charge is -2.34. The van der Waals surface area contributed by atoms with Crippen LogP contribution in [0.25, 0.3) is 0 Å². The molecule has 0 aliphatic heterocycles. The molecular formula is C34H33Cl4N3O4S. The maximum atomic E-state index is 14.5. The third-order valence-electron chi connectivity index (χ3n) is 7.08. The van der Waals surface area contributed by atoms with Gasteiger partial charge in [0.25, 0.3) is 10.0 Å². The van der Waals surface area contributed by atoms with Crippen LogP contribution in [0.15, 0.2) is 95.9 Å². The maximum absolute atomic E-state index is 14.5. The molecule has 4 aromatic rings. The van der Waals surface area contributed by atoms with E-state index in [2.05, 4.69) is 5.32 Å². The number of hydrogen-bond acceptors (Lipinski definition) is 4. The summed E-state index contributed by atoms with van der Waals surface area (Å²) in [5, 5.41) is 3.97. The molecule has 0 aromatic heterocycles. The lowest BCUT2D eigenvalue weighted by Crippen LogP contribution is -2.54. The molecule has 0 saturated heterocycles. The van der Waals surface area contributed by atoms with Crippen LogP contribution in [0.1, 0.15) is 30.5 Å². The van der Waals surface area contributed by atoms with Crippen molar-refractivity contribution in [3.63, 3.8) is 0 Å². The predicted molar refractivity (Wildman–Crippen MR) is 186 cm³/mol. The van der Waals surface area contributed by atoms with Gasteiger partial charge in [-0.25, -0.2) is 8.42 Å². The van der Waals surface area contributed by atoms with Gasteiger partial charge in [-0.2, -0.15) is 0 Å². The summed E-state index contributed by atoms with van der Waals surface area (Å²) in [4.78, 5) is 29.7. The molecule has 1 atom stereocenters. The number of carbonyl (C=O) groups excluding carboxylic acids is 2. The van der Waals surface area contributed by atoms with Crippen LogP contribution < -0.4 is 9.62 Å². The van der Waals surface area contributed by atoms with E-state index in [9.17, 15) is 18.0 Å². The maximum Gasteiger partial charge on any atom is 0.264 e. The van der Waals surface area contributed by atoms with Gasteiger partial charge in [0, 0.05) is 39.1 Å². The van der Waals surface area contributed by atoms with Crippen molar-refractivity contribution in [2.75, 3.05) is 10.8 Å². The summed E-state index contributed by atoms with van der Waals surface area (Å²) < 4.78 is 29.3. The first kappa shape index (κ1) is 35.6. The average molecular weight is 722 g/mol. The molecule has 12 heteroatoms. The van der Waals surface area contributed by atoms with Crippen LogP contribution in [0, 0.1) is 6.92 Å². The highest BCUT2D eigenvalue weighted by atomic mass is 35.5. The van der Waals surface area contributed by atoms with Crippen LogP contribution in [0.3, 0.4) is 0 Å². The second kappa shape index (κ2) is 15.5. The Morgan fingerprint density at radius 3 is 2.02 bits per heavy atom. The van der Waals surface area contributed by atoms with Gasteiger partial charge in [0.15, 0.2) is 0 Å². The Bertz CT molecular complexity index is 1780. The van der Waals surface area contributed by atoms with Crippen LogP contribution in [0.2, 0.25) is 20.1 Å². The van der Waals surface area contributed by atoms with E-state index in [-0.39, 0.29) is 39.6 Å². The minimum absolute atomic E-state index is 0.0346. The van der Waals surface area contributed by atoms with Gasteiger partial charge in [-0.1, -0.05) is 100 Å². The molecule has 4 rings (SSSR count). The smallest absolute Gasteiger partial charge is 0.264 e. The van der Waals surface area contributed by atoms with Crippen molar-refractivity contribution < 1.29 is 18.0 Å². The molecule has 7 nitrogen and oxygen atoms in total. The summed E-state index contributed by atoms with van der Waals surface area (Å²) in [7, 11) is -4.32. The molecule has 0 bridgehead atoms. The Hall–Kier alpha value is -3.27. The van der Waals surface area contributed by atoms with Gasteiger partial charge in [-0.3, -0.25) is 13.9 Å². The SMILES string of the molecule is Cc1ccc(S(=O)(=O)N(CC(=O)N(Cc2ccc(Cl)cc2Cl)[C@@H](Cc2ccccc2)C(=O)NC(C)C)c2cc(Cl)cc(Cl)c2)cc1. The largest absolute Gasteiger partial charge is 0.352 e. The summed E-state index contributed by atoms with van der Waals surface area (Å²) in [6.07, 6.45) is 0.157. The zero-order valence-corrected chi connectivity index (χ0v) is 29.2. The summed E-state index contributed by atoms with van der Waals surface area (Å²) >= 11 is 25.3. The first-order valence-corrected chi connectivity index (χ1v) is 17.3. The Morgan fingerprint density at radius 1 is 0.804 bits per heavy atom. The number of anilines is 1. The highest BCUT2D eigenvalue weighted by Gasteiger charge is 2.35. The van der Waals surface area contributed by atoms with Crippen molar-refractivity contribution in [3.8, 4) is 0 Å². The quantitative estimate of drug-likeness (QED) is 0.161. The van der Waals surface area contributed by atoms with Crippen molar-refractivity contribution in [2.24, 2.45) is 0 Å². The molecule has 2 amide bonds. The summed E-state index contributed by atoms with van der Waals surface area (Å²) in [5.74, 6) is -1.06. The fourth-order valence-corrected chi connectivity index (χ4v) is 7.20. The number of benzene rings is 4. The standard InChI is InChI=1S/C34H33Cl4N3O4S/c1-22(2)39-34(43)32(15-24-7-5-4-6-8-24)40(20-25-11-12-26(35)19-31(25)38)33(42)21-41(29-17-27(36)16-28(37)18-29)46(44,45)30-13-9-23(3)10-14-30/h4-14,16-19,22,32H,15,20-21H2,1-3H3,(H,39,43)/t32-/m0/s1. The average Bonchev–Trinajstić information content (AvgIpc) is 2.98. The molecule has 0 aliphatic carbocycles. The number of sulfonamides is 1. The highest BCUT2D eigenvalue weighted by molar-refractivity contribution is 7.92. The molecule has 1 N–H and O–H groups in total. The van der Waals surface area contributed by atoms with Gasteiger partial charge in [-0.05, 0) is 74.4 Å². The summed E-state index contributed by atoms with van der Waals surface area (Å²) in [6.45, 7) is 4.70. The van der Waals surface area contributed by atoms with Crippen molar-refractivity contribution in [1.82, 2.24) is 10.2 Å². The number of nitrogens with one attached hydrogen (secondary N) is 1. The van der Waals surface area contributed by atoms with Crippen LogP contribution in [0.4, 0.5) is 5.69 Å². The van der Waals surface area contributed by atoms with Crippen LogP contribution in [-0.4, -0.2) is 43.8 Å². The minimum Gasteiger partial charge on any atom is -0.352 e. The van der Waals surface area contributed by atoms with Crippen molar-refractivity contribution >= 4 is 73.9 Å². The number of rotatable bonds is 12. The third-order valence-corrected chi connectivity index (χ3v) is 9.89. The van der Waals surface area contributed by atoms with Gasteiger partial charge in [0.1, 0.15) is 12.6 Å². The van der Waals surface area contributed by atoms with E-state index in [0.717, 1.165) is 15.4 Å². The topological polar surface area (TPSA) is 86.8 Å². The fraction of sp³-hybridized carbons (Fsp3) is 0.235. The Morgan fingerprint density at radius 2 is 1.43 bits per heavy atom. The molecule has 0 heterocycles. The van der Waals surface area contributed by atoms with Crippen LogP contribution in [0.5, 0.6) is 0 Å². The molecule has 0 unspecified atom stereocenters. The minimum atomic E-state index is -4.32. The van der Waals surface area contributed by atoms with Gasteiger partial charge >= 0.3 is 0 Å². The molecule has 46 heavy (non-hydrogen) atoms. The lowest BCUT2D eigenvalue weighted by molar-refractivity contribution is -0.140. The Kier molecular flexibility index (Phi) is 12.0. The van der Waals surface area contributed by atoms with Gasteiger partial charge in [0.05, 0.1) is 10.6 Å². The van der Waals surface area contributed by atoms with E-state index < -0.39 is 34.4 Å². The molecule has 0 fully saturated rings. The van der Waals surface area contributed by atoms with E-state index in [1.165, 1.54) is 35.2 Å². The summed E-state index contributed by atoms with van der Waals surface area (Å²) in [6, 6.07) is 23.4. The number of hydrogen-bond donors (Lipinski definition) is 1. The third kappa shape index (κ3) is 9.17. The number of amides is 2. The van der Waals surface area contributed by atoms with E-state index in [0.29, 0.717) is 15.6 Å². The normalized spacial score (nSPS) is 12.1. The fourth-order valence-electron chi connectivity index (χ4n) is 4.82. The zero-order chi connectivity index (χ0) is 33.6. The molecular weight excluding hydrogens is 688 g/mol. The Balaban J connectivity index is 1.85. The second-order valence-electron chi connectivity index (χ2n) is 11.1. The molecule has 242 valence electrons. The van der Waals surface area contributed by atoms with E-state index in [1.807, 2.05) is 51.1 Å². The van der Waals surface area contributed by atoms with Crippen molar-refractivity contribution in [1.29, 1.82) is 0 Å². The van der Waals surface area contributed by atoms with Crippen LogP contribution in [-0.2, 0) is 32.6 Å². The van der Waals surface area contributed by atoms with Gasteiger partial charge in [0.2, 0.25) is 11.8 Å². The first-order chi connectivity index (χ1) is 21.7. The van der Waals surface area contributed by atoms with Gasteiger partial charge in [-0.15, -0.1) is 0 Å². The van der Waals surface area contributed by atoms with Crippen LogP contribution >= 0.6 is 46.4 Å². The second-order valence-corrected chi connectivity index (χ2v) is 14.7. The molecule has 0 radical (unpaired) electrons. The Labute approximate surface area is 290 Å². The van der Waals surface area contributed by atoms with Gasteiger partial charge < -0.3 is 10.2 Å². The molecule has 0 saturated carbocycles. The predicted octanol–water partition coefficient (Wildman–Crippen LogP) is 7.97. The highest BCUT2D eigenvalue weighted by Crippen LogP contribution is 2.31. The summed E-state index contributed by atoms with van der Waals surface area (Å²) in [5.41, 5.74) is 2.27. The number of nitrogens with zero attached hydrogens (tertiary/aromatic N) is 2.